The molecule has 20 heteroatoms. The zero-order chi connectivity index (χ0) is 37.0. The van der Waals surface area contributed by atoms with E-state index in [1.165, 1.54) is 0 Å². The minimum Gasteiger partial charge on any atom is -0.330 e. The van der Waals surface area contributed by atoms with Gasteiger partial charge in [-0.25, -0.2) is 0 Å². The molecular formula is C36H84Cl6N6O6P2. The second-order valence-electron chi connectivity index (χ2n) is 12.7. The van der Waals surface area contributed by atoms with Gasteiger partial charge in [0.05, 0.1) is 38.8 Å². The first kappa shape index (κ1) is 71.8. The lowest BCUT2D eigenvalue weighted by Gasteiger charge is -2.25. The monoisotopic (exact) mass is 968 g/mol. The van der Waals surface area contributed by atoms with Gasteiger partial charge in [-0.3, -0.25) is 9.13 Å². The molecule has 0 aliphatic heterocycles. The molecule has 0 aromatic carbocycles. The molecule has 0 aromatic heterocycles. The molecule has 2 unspecified atom stereocenters. The van der Waals surface area contributed by atoms with Gasteiger partial charge in [0, 0.05) is 13.1 Å². The van der Waals surface area contributed by atoms with Gasteiger partial charge in [-0.1, -0.05) is 51.0 Å². The van der Waals surface area contributed by atoms with E-state index in [0.29, 0.717) is 78.0 Å². The van der Waals surface area contributed by atoms with Gasteiger partial charge in [0.25, 0.3) is 0 Å². The molecule has 0 aliphatic rings. The molecule has 2 atom stereocenters. The third-order valence-corrected chi connectivity index (χ3v) is 11.9. The molecule has 8 N–H and O–H groups in total. The maximum Gasteiger partial charge on any atom is 0.331 e. The molecule has 0 fully saturated rings. The Morgan fingerprint density at radius 3 is 0.964 bits per heavy atom. The van der Waals surface area contributed by atoms with E-state index >= 15 is 0 Å². The number of nitrogens with two attached hydrogens (primary N) is 4. The van der Waals surface area contributed by atoms with Crippen LogP contribution >= 0.6 is 89.6 Å². The fourth-order valence-corrected chi connectivity index (χ4v) is 8.48. The van der Waals surface area contributed by atoms with Crippen molar-refractivity contribution < 1.29 is 27.2 Å². The van der Waals surface area contributed by atoms with Crippen molar-refractivity contribution in [2.24, 2.45) is 22.9 Å². The summed E-state index contributed by atoms with van der Waals surface area (Å²) in [6, 6.07) is 0. The summed E-state index contributed by atoms with van der Waals surface area (Å²) in [6.45, 7) is 12.9. The van der Waals surface area contributed by atoms with E-state index < -0.39 is 15.2 Å². The fraction of sp³-hybridized carbons (Fsp3) is 0.889. The van der Waals surface area contributed by atoms with Crippen molar-refractivity contribution in [2.75, 3.05) is 104 Å². The number of unbranched alkanes of at least 4 members (excludes halogenated alkanes) is 5. The Hall–Kier alpha value is 1.28. The maximum absolute atomic E-state index is 13.8. The van der Waals surface area contributed by atoms with Crippen LogP contribution in [-0.4, -0.2) is 114 Å². The van der Waals surface area contributed by atoms with Crippen molar-refractivity contribution in [2.45, 2.75) is 104 Å². The van der Waals surface area contributed by atoms with E-state index in [9.17, 15) is 9.13 Å². The van der Waals surface area contributed by atoms with Crippen LogP contribution in [0.25, 0.3) is 0 Å². The molecule has 0 saturated carbocycles. The Morgan fingerprint density at radius 1 is 0.411 bits per heavy atom. The summed E-state index contributed by atoms with van der Waals surface area (Å²) in [5, 5.41) is 0. The molecule has 0 heterocycles. The second kappa shape index (κ2) is 52.4. The topological polar surface area (TPSA) is 182 Å². The highest BCUT2D eigenvalue weighted by atomic mass is 35.5. The summed E-state index contributed by atoms with van der Waals surface area (Å²) in [5.41, 5.74) is 23.0. The molecule has 346 valence electrons. The average Bonchev–Trinajstić information content (AvgIpc) is 3.12. The zero-order valence-corrected chi connectivity index (χ0v) is 41.2. The molecule has 12 nitrogen and oxygen atoms in total. The van der Waals surface area contributed by atoms with Gasteiger partial charge in [-0.05, 0) is 129 Å². The highest BCUT2D eigenvalue weighted by molar-refractivity contribution is 7.54. The van der Waals surface area contributed by atoms with Crippen LogP contribution < -0.4 is 22.9 Å². The summed E-state index contributed by atoms with van der Waals surface area (Å²) < 4.78 is 51.4. The molecule has 0 bridgehead atoms. The quantitative estimate of drug-likeness (QED) is 0.0261. The number of nitrogens with zero attached hydrogens (tertiary/aromatic N) is 2. The van der Waals surface area contributed by atoms with E-state index in [1.807, 2.05) is 0 Å². The van der Waals surface area contributed by atoms with Crippen molar-refractivity contribution in [3.05, 3.63) is 24.3 Å². The van der Waals surface area contributed by atoms with Crippen LogP contribution in [0.2, 0.25) is 0 Å². The summed E-state index contributed by atoms with van der Waals surface area (Å²) in [7, 11) is -6.51. The van der Waals surface area contributed by atoms with Gasteiger partial charge in [-0.15, -0.1) is 74.4 Å². The van der Waals surface area contributed by atoms with Crippen LogP contribution in [0.3, 0.4) is 0 Å². The van der Waals surface area contributed by atoms with E-state index in [-0.39, 0.29) is 74.4 Å². The predicted molar refractivity (Wildman–Crippen MR) is 256 cm³/mol. The SMILES string of the molecule is CC/C=C\CCCOP(=O)(CCN(CCCN)CCCN)OCCCCCCOP(=O)(CCN(CCCN)CCCN)OCCC/C=C\CC.Cl.Cl.Cl.Cl.Cl.Cl. The van der Waals surface area contributed by atoms with E-state index in [1.54, 1.807) is 0 Å². The van der Waals surface area contributed by atoms with Crippen LogP contribution in [0.15, 0.2) is 24.3 Å². The largest absolute Gasteiger partial charge is 0.331 e. The summed E-state index contributed by atoms with van der Waals surface area (Å²) >= 11 is 0. The van der Waals surface area contributed by atoms with Crippen molar-refractivity contribution in [3.8, 4) is 0 Å². The van der Waals surface area contributed by atoms with Crippen LogP contribution in [0, 0.1) is 0 Å². The number of rotatable bonds is 39. The van der Waals surface area contributed by atoms with Gasteiger partial charge in [0.1, 0.15) is 0 Å². The van der Waals surface area contributed by atoms with Crippen LogP contribution in [0.4, 0.5) is 0 Å². The van der Waals surface area contributed by atoms with Crippen molar-refractivity contribution in [1.29, 1.82) is 0 Å². The first-order valence-electron chi connectivity index (χ1n) is 19.6. The average molecular weight is 972 g/mol. The van der Waals surface area contributed by atoms with E-state index in [4.69, 9.17) is 41.0 Å². The third kappa shape index (κ3) is 44.8. The normalized spacial score (nSPS) is 13.2. The Kier molecular flexibility index (Phi) is 67.2. The lowest BCUT2D eigenvalue weighted by molar-refractivity contribution is 0.187. The number of halogens is 6. The minimum atomic E-state index is -3.26. The number of allylic oxidation sites excluding steroid dienone is 4. The minimum absolute atomic E-state index is 0. The summed E-state index contributed by atoms with van der Waals surface area (Å²) in [5.74, 6) is 0. The Morgan fingerprint density at radius 2 is 0.696 bits per heavy atom. The molecule has 0 saturated heterocycles. The zero-order valence-electron chi connectivity index (χ0n) is 34.5. The smallest absolute Gasteiger partial charge is 0.330 e. The number of hydrogen-bond acceptors (Lipinski definition) is 12. The molecule has 0 radical (unpaired) electrons. The van der Waals surface area contributed by atoms with Gasteiger partial charge < -0.3 is 50.8 Å². The Balaban J connectivity index is -0.000000800. The third-order valence-electron chi connectivity index (χ3n) is 8.12. The second-order valence-corrected chi connectivity index (χ2v) is 17.1. The maximum atomic E-state index is 13.8. The fourth-order valence-electron chi connectivity index (χ4n) is 5.13. The van der Waals surface area contributed by atoms with E-state index in [0.717, 1.165) is 116 Å². The first-order valence-corrected chi connectivity index (χ1v) is 23.1. The Labute approximate surface area is 379 Å². The molecule has 56 heavy (non-hydrogen) atoms. The summed E-state index contributed by atoms with van der Waals surface area (Å²) in [4.78, 5) is 4.51. The lowest BCUT2D eigenvalue weighted by Crippen LogP contribution is -2.31. The highest BCUT2D eigenvalue weighted by Gasteiger charge is 2.27. The van der Waals surface area contributed by atoms with Gasteiger partial charge in [-0.2, -0.15) is 0 Å². The van der Waals surface area contributed by atoms with Gasteiger partial charge in [0.15, 0.2) is 0 Å². The standard InChI is InChI=1S/C36H78N6O6P2.6ClH/c1-3-5-7-9-13-31-45-49(43,35-29-41(25-17-21-37)26-18-22-38)47-33-15-11-12-16-34-48-50(44,46-32-14-10-8-6-4-2)36-30-42(27-19-23-39)28-20-24-40;;;;;;/h5-8H,3-4,9-40H2,1-2H3;6*1H/b7-5-,8-6-;;;;;;. The van der Waals surface area contributed by atoms with Crippen molar-refractivity contribution >= 4 is 89.6 Å². The van der Waals surface area contributed by atoms with Crippen molar-refractivity contribution in [3.63, 3.8) is 0 Å². The highest BCUT2D eigenvalue weighted by Crippen LogP contribution is 2.49. The van der Waals surface area contributed by atoms with E-state index in [2.05, 4.69) is 48.0 Å². The molecule has 0 rings (SSSR count). The van der Waals surface area contributed by atoms with Gasteiger partial charge in [0.2, 0.25) is 0 Å². The molecule has 0 spiro atoms. The van der Waals surface area contributed by atoms with Crippen LogP contribution in [0.1, 0.15) is 104 Å². The molecule has 0 aliphatic carbocycles. The van der Waals surface area contributed by atoms with Crippen LogP contribution in [-0.2, 0) is 27.2 Å². The lowest BCUT2D eigenvalue weighted by atomic mass is 10.2. The molecule has 0 aromatic rings. The Bertz CT molecular complexity index is 843. The van der Waals surface area contributed by atoms with Crippen molar-refractivity contribution in [1.82, 2.24) is 9.80 Å². The molecular weight excluding hydrogens is 887 g/mol. The number of hydrogen-bond donors (Lipinski definition) is 4. The van der Waals surface area contributed by atoms with Crippen LogP contribution in [0.5, 0.6) is 0 Å². The predicted octanol–water partition coefficient (Wildman–Crippen LogP) is 9.02. The first-order chi connectivity index (χ1) is 24.3. The summed E-state index contributed by atoms with van der Waals surface area (Å²) in [6.07, 6.45) is 21.4. The van der Waals surface area contributed by atoms with Gasteiger partial charge >= 0.3 is 15.2 Å². The molecule has 0 amide bonds.